The van der Waals surface area contributed by atoms with Crippen molar-refractivity contribution in [3.63, 3.8) is 0 Å². The lowest BCUT2D eigenvalue weighted by atomic mass is 10.2. The highest BCUT2D eigenvalue weighted by molar-refractivity contribution is 7.92. The highest BCUT2D eigenvalue weighted by Crippen LogP contribution is 2.23. The first-order valence-electron chi connectivity index (χ1n) is 5.49. The van der Waals surface area contributed by atoms with Crippen LogP contribution in [0.25, 0.3) is 0 Å². The number of hydrogen-bond acceptors (Lipinski definition) is 2. The molecule has 1 aromatic carbocycles. The van der Waals surface area contributed by atoms with Gasteiger partial charge < -0.3 is 0 Å². The van der Waals surface area contributed by atoms with Gasteiger partial charge in [0.25, 0.3) is 0 Å². The number of hydrogen-bond donors (Lipinski definition) is 0. The zero-order chi connectivity index (χ0) is 13.1. The first kappa shape index (κ1) is 14.1. The summed E-state index contributed by atoms with van der Waals surface area (Å²) in [5.74, 6) is 0. The lowest BCUT2D eigenvalue weighted by Gasteiger charge is -2.14. The number of benzene rings is 1. The van der Waals surface area contributed by atoms with Gasteiger partial charge >= 0.3 is 0 Å². The molecule has 2 nitrogen and oxygen atoms in total. The van der Waals surface area contributed by atoms with Gasteiger partial charge in [-0.1, -0.05) is 25.1 Å². The molecule has 96 valence electrons. The van der Waals surface area contributed by atoms with Crippen molar-refractivity contribution in [3.8, 4) is 0 Å². The molecule has 1 atom stereocenters. The van der Waals surface area contributed by atoms with Crippen LogP contribution in [0, 0.1) is 0 Å². The molecule has 0 amide bonds. The second kappa shape index (κ2) is 5.58. The van der Waals surface area contributed by atoms with Gasteiger partial charge in [-0.25, -0.2) is 17.2 Å². The van der Waals surface area contributed by atoms with Gasteiger partial charge in [0.1, 0.15) is 0 Å². The molecule has 1 aromatic rings. The Morgan fingerprint density at radius 3 is 2.35 bits per heavy atom. The van der Waals surface area contributed by atoms with E-state index in [1.165, 1.54) is 12.1 Å². The van der Waals surface area contributed by atoms with Gasteiger partial charge in [0.2, 0.25) is 6.43 Å². The summed E-state index contributed by atoms with van der Waals surface area (Å²) >= 11 is 0. The largest absolute Gasteiger partial charge is 0.242 e. The Labute approximate surface area is 101 Å². The Bertz CT molecular complexity index is 469. The highest BCUT2D eigenvalue weighted by Gasteiger charge is 2.25. The topological polar surface area (TPSA) is 34.1 Å². The third-order valence-corrected chi connectivity index (χ3v) is 5.16. The maximum Gasteiger partial charge on any atom is 0.242 e. The molecule has 0 spiro atoms. The van der Waals surface area contributed by atoms with E-state index in [9.17, 15) is 17.2 Å². The first-order valence-corrected chi connectivity index (χ1v) is 7.04. The van der Waals surface area contributed by atoms with E-state index < -0.39 is 27.9 Å². The van der Waals surface area contributed by atoms with Crippen LogP contribution in [-0.4, -0.2) is 20.1 Å². The molecule has 17 heavy (non-hydrogen) atoms. The molecule has 0 radical (unpaired) electrons. The van der Waals surface area contributed by atoms with E-state index in [2.05, 4.69) is 0 Å². The molecule has 0 aliphatic carbocycles. The molecule has 1 rings (SSSR count). The second-order valence-corrected chi connectivity index (χ2v) is 6.30. The van der Waals surface area contributed by atoms with E-state index in [0.717, 1.165) is 0 Å². The third-order valence-electron chi connectivity index (χ3n) is 2.76. The van der Waals surface area contributed by atoms with Crippen molar-refractivity contribution in [2.45, 2.75) is 43.3 Å². The zero-order valence-electron chi connectivity index (χ0n) is 9.86. The maximum absolute atomic E-state index is 12.4. The maximum atomic E-state index is 12.4. The van der Waals surface area contributed by atoms with Gasteiger partial charge in [0.15, 0.2) is 9.84 Å². The lowest BCUT2D eigenvalue weighted by molar-refractivity contribution is 0.148. The van der Waals surface area contributed by atoms with E-state index in [1.54, 1.807) is 26.0 Å². The Morgan fingerprint density at radius 2 is 1.82 bits per heavy atom. The summed E-state index contributed by atoms with van der Waals surface area (Å²) in [5.41, 5.74) is 0.197. The zero-order valence-corrected chi connectivity index (χ0v) is 10.7. The molecule has 0 heterocycles. The van der Waals surface area contributed by atoms with Gasteiger partial charge in [-0.2, -0.15) is 0 Å². The number of halogens is 2. The van der Waals surface area contributed by atoms with Crippen molar-refractivity contribution < 1.29 is 17.2 Å². The predicted octanol–water partition coefficient (Wildman–Crippen LogP) is 3.07. The van der Waals surface area contributed by atoms with Crippen LogP contribution in [0.5, 0.6) is 0 Å². The normalized spacial score (nSPS) is 13.9. The Kier molecular flexibility index (Phi) is 4.62. The van der Waals surface area contributed by atoms with E-state index in [4.69, 9.17) is 0 Å². The van der Waals surface area contributed by atoms with Gasteiger partial charge in [-0.3, -0.25) is 0 Å². The summed E-state index contributed by atoms with van der Waals surface area (Å²) in [6.07, 6.45) is -2.60. The van der Waals surface area contributed by atoms with Crippen LogP contribution in [0.2, 0.25) is 0 Å². The molecule has 0 aromatic heterocycles. The van der Waals surface area contributed by atoms with Crippen LogP contribution in [0.3, 0.4) is 0 Å². The van der Waals surface area contributed by atoms with Crippen LogP contribution in [0.4, 0.5) is 8.78 Å². The minimum absolute atomic E-state index is 0.0367. The second-order valence-electron chi connectivity index (χ2n) is 3.97. The van der Waals surface area contributed by atoms with Crippen molar-refractivity contribution in [1.82, 2.24) is 0 Å². The predicted molar refractivity (Wildman–Crippen MR) is 63.1 cm³/mol. The summed E-state index contributed by atoms with van der Waals surface area (Å²) < 4.78 is 49.0. The highest BCUT2D eigenvalue weighted by atomic mass is 32.2. The molecular weight excluding hydrogens is 246 g/mol. The molecule has 5 heteroatoms. The third kappa shape index (κ3) is 3.25. The smallest absolute Gasteiger partial charge is 0.223 e. The fourth-order valence-corrected chi connectivity index (χ4v) is 3.21. The van der Waals surface area contributed by atoms with E-state index in [1.807, 2.05) is 0 Å². The molecule has 0 aliphatic heterocycles. The molecule has 0 saturated carbocycles. The number of alkyl halides is 2. The van der Waals surface area contributed by atoms with Crippen molar-refractivity contribution in [1.29, 1.82) is 0 Å². The number of sulfone groups is 1. The monoisotopic (exact) mass is 262 g/mol. The van der Waals surface area contributed by atoms with Gasteiger partial charge in [0, 0.05) is 6.42 Å². The fraction of sp³-hybridized carbons (Fsp3) is 0.500. The van der Waals surface area contributed by atoms with Crippen LogP contribution in [0.15, 0.2) is 29.2 Å². The molecular formula is C12H16F2O2S. The molecule has 0 N–H and O–H groups in total. The summed E-state index contributed by atoms with van der Waals surface area (Å²) in [7, 11) is -3.50. The van der Waals surface area contributed by atoms with E-state index in [0.29, 0.717) is 6.42 Å². The van der Waals surface area contributed by atoms with Crippen molar-refractivity contribution in [3.05, 3.63) is 29.8 Å². The van der Waals surface area contributed by atoms with E-state index >= 15 is 0 Å². The molecule has 0 fully saturated rings. The Hall–Kier alpha value is -0.970. The van der Waals surface area contributed by atoms with Crippen LogP contribution in [0.1, 0.15) is 25.8 Å². The number of rotatable bonds is 5. The lowest BCUT2D eigenvalue weighted by Crippen LogP contribution is -2.19. The average Bonchev–Trinajstić information content (AvgIpc) is 2.27. The summed E-state index contributed by atoms with van der Waals surface area (Å²) in [6.45, 7) is 3.35. The van der Waals surface area contributed by atoms with E-state index in [-0.39, 0.29) is 10.5 Å². The summed E-state index contributed by atoms with van der Waals surface area (Å²) in [6, 6.07) is 5.98. The fourth-order valence-electron chi connectivity index (χ4n) is 1.55. The van der Waals surface area contributed by atoms with Crippen LogP contribution >= 0.6 is 0 Å². The molecule has 0 bridgehead atoms. The SMILES string of the molecule is CCC(C)S(=O)(=O)c1ccccc1CC(F)F. The average molecular weight is 262 g/mol. The molecule has 0 aliphatic rings. The van der Waals surface area contributed by atoms with Crippen LogP contribution < -0.4 is 0 Å². The van der Waals surface area contributed by atoms with Gasteiger partial charge in [-0.15, -0.1) is 0 Å². The van der Waals surface area contributed by atoms with Crippen molar-refractivity contribution >= 4 is 9.84 Å². The summed E-state index contributed by atoms with van der Waals surface area (Å²) in [4.78, 5) is 0.0367. The standard InChI is InChI=1S/C12H16F2O2S/c1-3-9(2)17(15,16)11-7-5-4-6-10(11)8-12(13)14/h4-7,9,12H,3,8H2,1-2H3. The van der Waals surface area contributed by atoms with Gasteiger partial charge in [0.05, 0.1) is 10.1 Å². The Morgan fingerprint density at radius 1 is 1.24 bits per heavy atom. The molecule has 0 saturated heterocycles. The quantitative estimate of drug-likeness (QED) is 0.817. The van der Waals surface area contributed by atoms with Crippen molar-refractivity contribution in [2.24, 2.45) is 0 Å². The van der Waals surface area contributed by atoms with Crippen molar-refractivity contribution in [2.75, 3.05) is 0 Å². The van der Waals surface area contributed by atoms with Gasteiger partial charge in [-0.05, 0) is 25.0 Å². The minimum atomic E-state index is -3.50. The summed E-state index contributed by atoms with van der Waals surface area (Å²) in [5, 5.41) is -0.554. The molecule has 1 unspecified atom stereocenters. The Balaban J connectivity index is 3.22. The first-order chi connectivity index (χ1) is 7.89. The van der Waals surface area contributed by atoms with Crippen LogP contribution in [-0.2, 0) is 16.3 Å². The minimum Gasteiger partial charge on any atom is -0.223 e.